The second kappa shape index (κ2) is 10.1. The minimum atomic E-state index is -4.96. The van der Waals surface area contributed by atoms with Crippen molar-refractivity contribution in [2.75, 3.05) is 12.0 Å². The molecule has 0 aliphatic heterocycles. The van der Waals surface area contributed by atoms with Gasteiger partial charge >= 0.3 is 12.1 Å². The van der Waals surface area contributed by atoms with Crippen LogP contribution in [-0.4, -0.2) is 25.2 Å². The van der Waals surface area contributed by atoms with E-state index >= 15 is 0 Å². The Bertz CT molecular complexity index is 1140. The first-order valence-corrected chi connectivity index (χ1v) is 11.2. The van der Waals surface area contributed by atoms with Crippen molar-refractivity contribution in [2.24, 2.45) is 0 Å². The molecule has 4 rings (SSSR count). The number of methoxy groups -OCH3 is 1. The van der Waals surface area contributed by atoms with Gasteiger partial charge in [-0.25, -0.2) is 0 Å². The third-order valence-corrected chi connectivity index (χ3v) is 6.13. The molecule has 1 saturated carbocycles. The van der Waals surface area contributed by atoms with Gasteiger partial charge in [0, 0.05) is 34.8 Å². The van der Waals surface area contributed by atoms with Gasteiger partial charge in [-0.2, -0.15) is 13.2 Å². The third kappa shape index (κ3) is 5.72. The molecular formula is C26H24ClF3N2O2. The quantitative estimate of drug-likeness (QED) is 0.417. The summed E-state index contributed by atoms with van der Waals surface area (Å²) < 4.78 is 45.1. The molecule has 0 bridgehead atoms. The SMILES string of the molecule is COc1cc(Cl)ccc1CNC1CC1c1ccc(N(Cc2ccccc2)C(=O)C(F)(F)F)cc1. The molecule has 3 aromatic carbocycles. The van der Waals surface area contributed by atoms with Gasteiger partial charge in [0.25, 0.3) is 0 Å². The van der Waals surface area contributed by atoms with Gasteiger partial charge in [0.15, 0.2) is 0 Å². The number of nitrogens with one attached hydrogen (secondary N) is 1. The average Bonchev–Trinajstić information content (AvgIpc) is 3.61. The Labute approximate surface area is 201 Å². The molecule has 3 aromatic rings. The van der Waals surface area contributed by atoms with E-state index in [1.165, 1.54) is 0 Å². The summed E-state index contributed by atoms with van der Waals surface area (Å²) >= 11 is 6.01. The Hall–Kier alpha value is -3.03. The Kier molecular flexibility index (Phi) is 7.14. The molecule has 4 nitrogen and oxygen atoms in total. The van der Waals surface area contributed by atoms with Crippen LogP contribution < -0.4 is 15.0 Å². The predicted octanol–water partition coefficient (Wildman–Crippen LogP) is 6.09. The van der Waals surface area contributed by atoms with Crippen LogP contribution in [0.15, 0.2) is 72.8 Å². The van der Waals surface area contributed by atoms with Crippen molar-refractivity contribution in [3.05, 3.63) is 94.5 Å². The fourth-order valence-electron chi connectivity index (χ4n) is 4.00. The first kappa shape index (κ1) is 24.1. The van der Waals surface area contributed by atoms with Crippen LogP contribution >= 0.6 is 11.6 Å². The number of alkyl halides is 3. The molecule has 0 spiro atoms. The van der Waals surface area contributed by atoms with Gasteiger partial charge in [0.2, 0.25) is 0 Å². The summed E-state index contributed by atoms with van der Waals surface area (Å²) in [6.07, 6.45) is -4.04. The van der Waals surface area contributed by atoms with Crippen LogP contribution in [-0.2, 0) is 17.9 Å². The maximum Gasteiger partial charge on any atom is 0.471 e. The molecular weight excluding hydrogens is 465 g/mol. The van der Waals surface area contributed by atoms with Crippen molar-refractivity contribution < 1.29 is 22.7 Å². The van der Waals surface area contributed by atoms with E-state index in [0.29, 0.717) is 17.1 Å². The molecule has 8 heteroatoms. The summed E-state index contributed by atoms with van der Waals surface area (Å²) in [6, 6.07) is 21.1. The number of hydrogen-bond acceptors (Lipinski definition) is 3. The van der Waals surface area contributed by atoms with Crippen LogP contribution in [0.1, 0.15) is 29.0 Å². The monoisotopic (exact) mass is 488 g/mol. The van der Waals surface area contributed by atoms with E-state index in [-0.39, 0.29) is 24.2 Å². The van der Waals surface area contributed by atoms with Crippen molar-refractivity contribution in [1.29, 1.82) is 0 Å². The highest BCUT2D eigenvalue weighted by Gasteiger charge is 2.43. The van der Waals surface area contributed by atoms with Crippen molar-refractivity contribution in [3.8, 4) is 5.75 Å². The van der Waals surface area contributed by atoms with E-state index < -0.39 is 12.1 Å². The zero-order chi connectivity index (χ0) is 24.3. The standard InChI is InChI=1S/C26H24ClF3N2O2/c1-34-24-13-20(27)10-7-19(24)15-31-23-14-22(23)18-8-11-21(12-9-18)32(25(33)26(28,29)30)16-17-5-3-2-4-6-17/h2-13,22-23,31H,14-16H2,1H3. The molecule has 2 unspecified atom stereocenters. The van der Waals surface area contributed by atoms with E-state index in [4.69, 9.17) is 16.3 Å². The number of nitrogens with zero attached hydrogens (tertiary/aromatic N) is 1. The first-order valence-electron chi connectivity index (χ1n) is 10.8. The Morgan fingerprint density at radius 1 is 1.09 bits per heavy atom. The van der Waals surface area contributed by atoms with Crippen LogP contribution in [0.3, 0.4) is 0 Å². The van der Waals surface area contributed by atoms with Gasteiger partial charge in [0.05, 0.1) is 13.7 Å². The first-order chi connectivity index (χ1) is 16.3. The molecule has 0 heterocycles. The lowest BCUT2D eigenvalue weighted by molar-refractivity contribution is -0.170. The van der Waals surface area contributed by atoms with E-state index in [9.17, 15) is 18.0 Å². The topological polar surface area (TPSA) is 41.6 Å². The number of ether oxygens (including phenoxy) is 1. The molecule has 0 saturated heterocycles. The maximum atomic E-state index is 13.2. The van der Waals surface area contributed by atoms with Crippen molar-refractivity contribution in [2.45, 2.75) is 37.6 Å². The molecule has 1 aliphatic rings. The normalized spacial score (nSPS) is 17.3. The van der Waals surface area contributed by atoms with E-state index in [1.807, 2.05) is 12.1 Å². The maximum absolute atomic E-state index is 13.2. The number of carbonyl (C=O) groups excluding carboxylic acids is 1. The fourth-order valence-corrected chi connectivity index (χ4v) is 4.16. The van der Waals surface area contributed by atoms with Gasteiger partial charge in [0.1, 0.15) is 5.75 Å². The molecule has 178 valence electrons. The van der Waals surface area contributed by atoms with Crippen molar-refractivity contribution in [1.82, 2.24) is 5.32 Å². The molecule has 34 heavy (non-hydrogen) atoms. The third-order valence-electron chi connectivity index (χ3n) is 5.90. The zero-order valence-electron chi connectivity index (χ0n) is 18.5. The van der Waals surface area contributed by atoms with E-state index in [2.05, 4.69) is 5.32 Å². The molecule has 1 fully saturated rings. The lowest BCUT2D eigenvalue weighted by Crippen LogP contribution is -2.40. The summed E-state index contributed by atoms with van der Waals surface area (Å²) in [6.45, 7) is 0.458. The zero-order valence-corrected chi connectivity index (χ0v) is 19.2. The van der Waals surface area contributed by atoms with E-state index in [1.54, 1.807) is 67.8 Å². The van der Waals surface area contributed by atoms with Gasteiger partial charge in [-0.3, -0.25) is 4.79 Å². The van der Waals surface area contributed by atoms with Gasteiger partial charge in [-0.05, 0) is 41.8 Å². The predicted molar refractivity (Wildman–Crippen MR) is 126 cm³/mol. The lowest BCUT2D eigenvalue weighted by atomic mass is 10.1. The summed E-state index contributed by atoms with van der Waals surface area (Å²) in [5.74, 6) is -0.908. The molecule has 1 amide bonds. The Morgan fingerprint density at radius 3 is 2.44 bits per heavy atom. The van der Waals surface area contributed by atoms with Crippen molar-refractivity contribution in [3.63, 3.8) is 0 Å². The Morgan fingerprint density at radius 2 is 1.79 bits per heavy atom. The number of anilines is 1. The van der Waals surface area contributed by atoms with Gasteiger partial charge in [-0.1, -0.05) is 60.1 Å². The summed E-state index contributed by atoms with van der Waals surface area (Å²) in [5, 5.41) is 4.09. The number of halogens is 4. The minimum Gasteiger partial charge on any atom is -0.496 e. The van der Waals surface area contributed by atoms with Crippen LogP contribution in [0.2, 0.25) is 5.02 Å². The van der Waals surface area contributed by atoms with Crippen LogP contribution in [0.5, 0.6) is 5.75 Å². The van der Waals surface area contributed by atoms with Gasteiger partial charge < -0.3 is 15.0 Å². The van der Waals surface area contributed by atoms with Crippen LogP contribution in [0.4, 0.5) is 18.9 Å². The molecule has 0 aromatic heterocycles. The highest BCUT2D eigenvalue weighted by molar-refractivity contribution is 6.30. The molecule has 1 aliphatic carbocycles. The summed E-state index contributed by atoms with van der Waals surface area (Å²) in [5.41, 5.74) is 2.85. The number of amides is 1. The minimum absolute atomic E-state index is 0.158. The van der Waals surface area contributed by atoms with Crippen LogP contribution in [0, 0.1) is 0 Å². The molecule has 0 radical (unpaired) electrons. The average molecular weight is 489 g/mol. The highest BCUT2D eigenvalue weighted by atomic mass is 35.5. The van der Waals surface area contributed by atoms with E-state index in [0.717, 1.165) is 28.2 Å². The van der Waals surface area contributed by atoms with Crippen LogP contribution in [0.25, 0.3) is 0 Å². The highest BCUT2D eigenvalue weighted by Crippen LogP contribution is 2.42. The number of hydrogen-bond donors (Lipinski definition) is 1. The summed E-state index contributed by atoms with van der Waals surface area (Å²) in [4.78, 5) is 12.9. The van der Waals surface area contributed by atoms with Crippen molar-refractivity contribution >= 4 is 23.2 Å². The molecule has 1 N–H and O–H groups in total. The smallest absolute Gasteiger partial charge is 0.471 e. The summed E-state index contributed by atoms with van der Waals surface area (Å²) in [7, 11) is 1.60. The molecule has 2 atom stereocenters. The number of benzene rings is 3. The second-order valence-electron chi connectivity index (χ2n) is 8.25. The van der Waals surface area contributed by atoms with Gasteiger partial charge in [-0.15, -0.1) is 0 Å². The lowest BCUT2D eigenvalue weighted by Gasteiger charge is -2.24. The largest absolute Gasteiger partial charge is 0.496 e. The Balaban J connectivity index is 1.43. The second-order valence-corrected chi connectivity index (χ2v) is 8.69. The number of carbonyl (C=O) groups is 1. The fraction of sp³-hybridized carbons (Fsp3) is 0.269. The number of rotatable bonds is 8.